The topological polar surface area (TPSA) is 57.6 Å². The van der Waals surface area contributed by atoms with Crippen LogP contribution in [0.5, 0.6) is 0 Å². The largest absolute Gasteiger partial charge is 0.388 e. The molecule has 0 saturated carbocycles. The first kappa shape index (κ1) is 14.8. The molecule has 5 heteroatoms. The van der Waals surface area contributed by atoms with Crippen LogP contribution in [0.1, 0.15) is 25.7 Å². The Morgan fingerprint density at radius 2 is 1.90 bits per heavy atom. The van der Waals surface area contributed by atoms with Crippen LogP contribution in [-0.4, -0.2) is 54.6 Å². The first-order valence-corrected chi connectivity index (χ1v) is 7.94. The highest BCUT2D eigenvalue weighted by Gasteiger charge is 2.30. The summed E-state index contributed by atoms with van der Waals surface area (Å²) in [6.07, 6.45) is 7.43. The molecule has 1 aromatic rings. The minimum absolute atomic E-state index is 0.509. The number of nitrogens with zero attached hydrogens (tertiary/aromatic N) is 2. The zero-order chi connectivity index (χ0) is 14.5. The number of hydrogen-bond acceptors (Lipinski definition) is 5. The van der Waals surface area contributed by atoms with Gasteiger partial charge in [0.1, 0.15) is 0 Å². The van der Waals surface area contributed by atoms with Crippen LogP contribution in [0.25, 0.3) is 0 Å². The van der Waals surface area contributed by atoms with E-state index in [0.717, 1.165) is 38.8 Å². The van der Waals surface area contributed by atoms with Gasteiger partial charge < -0.3 is 20.1 Å². The Bertz CT molecular complexity index is 426. The molecule has 2 N–H and O–H groups in total. The Labute approximate surface area is 126 Å². The zero-order valence-corrected chi connectivity index (χ0v) is 12.5. The third kappa shape index (κ3) is 3.93. The summed E-state index contributed by atoms with van der Waals surface area (Å²) in [7, 11) is 0. The Morgan fingerprint density at radius 3 is 2.57 bits per heavy atom. The molecule has 0 spiro atoms. The first-order chi connectivity index (χ1) is 10.3. The second-order valence-electron chi connectivity index (χ2n) is 6.18. The van der Waals surface area contributed by atoms with Crippen molar-refractivity contribution in [3.8, 4) is 0 Å². The molecule has 0 radical (unpaired) electrons. The maximum atomic E-state index is 10.5. The van der Waals surface area contributed by atoms with E-state index in [0.29, 0.717) is 25.8 Å². The predicted molar refractivity (Wildman–Crippen MR) is 82.5 cm³/mol. The third-order valence-electron chi connectivity index (χ3n) is 4.67. The lowest BCUT2D eigenvalue weighted by molar-refractivity contribution is -0.0630. The summed E-state index contributed by atoms with van der Waals surface area (Å²) in [5, 5.41) is 14.0. The molecule has 116 valence electrons. The molecular formula is C16H25N3O2. The molecule has 0 aromatic carbocycles. The van der Waals surface area contributed by atoms with Gasteiger partial charge >= 0.3 is 0 Å². The lowest BCUT2D eigenvalue weighted by Crippen LogP contribution is -2.50. The van der Waals surface area contributed by atoms with Crippen LogP contribution in [-0.2, 0) is 4.74 Å². The average molecular weight is 291 g/mol. The van der Waals surface area contributed by atoms with Crippen molar-refractivity contribution in [2.75, 3.05) is 37.7 Å². The van der Waals surface area contributed by atoms with Crippen LogP contribution in [0.15, 0.2) is 24.5 Å². The standard InChI is InChI=1S/C16H25N3O2/c20-16(5-11-21-12-6-16)13-18-14-3-9-19(10-4-14)15-1-7-17-8-2-15/h1-2,7-8,14,18,20H,3-6,9-13H2. The molecule has 2 fully saturated rings. The number of aromatic nitrogens is 1. The number of nitrogens with one attached hydrogen (secondary N) is 1. The molecule has 3 rings (SSSR count). The summed E-state index contributed by atoms with van der Waals surface area (Å²) < 4.78 is 5.32. The van der Waals surface area contributed by atoms with Crippen LogP contribution >= 0.6 is 0 Å². The van der Waals surface area contributed by atoms with Crippen LogP contribution in [0.4, 0.5) is 5.69 Å². The number of aliphatic hydroxyl groups is 1. The molecule has 0 atom stereocenters. The number of anilines is 1. The summed E-state index contributed by atoms with van der Waals surface area (Å²) in [4.78, 5) is 6.47. The van der Waals surface area contributed by atoms with E-state index in [1.165, 1.54) is 5.69 Å². The van der Waals surface area contributed by atoms with Gasteiger partial charge in [0.25, 0.3) is 0 Å². The Hall–Kier alpha value is -1.17. The van der Waals surface area contributed by atoms with E-state index >= 15 is 0 Å². The summed E-state index contributed by atoms with van der Waals surface area (Å²) in [5.74, 6) is 0. The molecule has 5 nitrogen and oxygen atoms in total. The summed E-state index contributed by atoms with van der Waals surface area (Å²) in [6.45, 7) is 4.17. The summed E-state index contributed by atoms with van der Waals surface area (Å²) >= 11 is 0. The van der Waals surface area contributed by atoms with E-state index in [-0.39, 0.29) is 0 Å². The Morgan fingerprint density at radius 1 is 1.24 bits per heavy atom. The zero-order valence-electron chi connectivity index (χ0n) is 12.5. The van der Waals surface area contributed by atoms with Crippen LogP contribution in [0.2, 0.25) is 0 Å². The maximum absolute atomic E-state index is 10.5. The Balaban J connectivity index is 1.43. The number of ether oxygens (including phenoxy) is 1. The monoisotopic (exact) mass is 291 g/mol. The highest BCUT2D eigenvalue weighted by atomic mass is 16.5. The van der Waals surface area contributed by atoms with Crippen molar-refractivity contribution in [3.05, 3.63) is 24.5 Å². The van der Waals surface area contributed by atoms with Crippen molar-refractivity contribution < 1.29 is 9.84 Å². The normalized spacial score (nSPS) is 23.2. The van der Waals surface area contributed by atoms with Gasteiger partial charge in [-0.15, -0.1) is 0 Å². The summed E-state index contributed by atoms with van der Waals surface area (Å²) in [5.41, 5.74) is 0.687. The SMILES string of the molecule is OC1(CNC2CCN(c3ccncc3)CC2)CCOCC1. The first-order valence-electron chi connectivity index (χ1n) is 7.94. The fraction of sp³-hybridized carbons (Fsp3) is 0.688. The number of pyridine rings is 1. The average Bonchev–Trinajstić information content (AvgIpc) is 2.55. The van der Waals surface area contributed by atoms with Gasteiger partial charge in [0.2, 0.25) is 0 Å². The van der Waals surface area contributed by atoms with Crippen molar-refractivity contribution in [2.45, 2.75) is 37.3 Å². The molecule has 0 amide bonds. The quantitative estimate of drug-likeness (QED) is 0.872. The smallest absolute Gasteiger partial charge is 0.0815 e. The van der Waals surface area contributed by atoms with Gasteiger partial charge in [0.05, 0.1) is 5.60 Å². The van der Waals surface area contributed by atoms with E-state index in [4.69, 9.17) is 4.74 Å². The van der Waals surface area contributed by atoms with E-state index in [1.54, 1.807) is 0 Å². The van der Waals surface area contributed by atoms with Crippen molar-refractivity contribution >= 4 is 5.69 Å². The van der Waals surface area contributed by atoms with Gasteiger partial charge in [-0.2, -0.15) is 0 Å². The fourth-order valence-electron chi connectivity index (χ4n) is 3.16. The van der Waals surface area contributed by atoms with Crippen LogP contribution in [0, 0.1) is 0 Å². The van der Waals surface area contributed by atoms with Crippen molar-refractivity contribution in [3.63, 3.8) is 0 Å². The van der Waals surface area contributed by atoms with E-state index < -0.39 is 5.60 Å². The van der Waals surface area contributed by atoms with Gasteiger partial charge in [-0.1, -0.05) is 0 Å². The molecule has 0 unspecified atom stereocenters. The third-order valence-corrected chi connectivity index (χ3v) is 4.67. The van der Waals surface area contributed by atoms with Crippen molar-refractivity contribution in [1.29, 1.82) is 0 Å². The van der Waals surface area contributed by atoms with E-state index in [1.807, 2.05) is 12.4 Å². The second kappa shape index (κ2) is 6.73. The van der Waals surface area contributed by atoms with Gasteiger partial charge in [0, 0.05) is 69.8 Å². The molecule has 21 heavy (non-hydrogen) atoms. The van der Waals surface area contributed by atoms with E-state index in [9.17, 15) is 5.11 Å². The lowest BCUT2D eigenvalue weighted by atomic mass is 9.93. The van der Waals surface area contributed by atoms with E-state index in [2.05, 4.69) is 27.3 Å². The molecule has 1 aromatic heterocycles. The number of rotatable bonds is 4. The van der Waals surface area contributed by atoms with Crippen LogP contribution < -0.4 is 10.2 Å². The lowest BCUT2D eigenvalue weighted by Gasteiger charge is -2.37. The molecule has 0 aliphatic carbocycles. The fourth-order valence-corrected chi connectivity index (χ4v) is 3.16. The number of piperidine rings is 1. The van der Waals surface area contributed by atoms with Gasteiger partial charge in [-0.25, -0.2) is 0 Å². The summed E-state index contributed by atoms with van der Waals surface area (Å²) in [6, 6.07) is 4.65. The number of hydrogen-bond donors (Lipinski definition) is 2. The molecule has 2 saturated heterocycles. The minimum Gasteiger partial charge on any atom is -0.388 e. The van der Waals surface area contributed by atoms with Crippen LogP contribution in [0.3, 0.4) is 0 Å². The van der Waals surface area contributed by atoms with Gasteiger partial charge in [-0.05, 0) is 25.0 Å². The second-order valence-corrected chi connectivity index (χ2v) is 6.18. The molecule has 2 aliphatic rings. The Kier molecular flexibility index (Phi) is 4.73. The van der Waals surface area contributed by atoms with Crippen molar-refractivity contribution in [1.82, 2.24) is 10.3 Å². The predicted octanol–water partition coefficient (Wildman–Crippen LogP) is 1.18. The maximum Gasteiger partial charge on any atom is 0.0815 e. The molecule has 3 heterocycles. The van der Waals surface area contributed by atoms with Gasteiger partial charge in [-0.3, -0.25) is 4.98 Å². The van der Waals surface area contributed by atoms with Gasteiger partial charge in [0.15, 0.2) is 0 Å². The molecule has 0 bridgehead atoms. The molecular weight excluding hydrogens is 266 g/mol. The highest BCUT2D eigenvalue weighted by molar-refractivity contribution is 5.44. The van der Waals surface area contributed by atoms with Crippen molar-refractivity contribution in [2.24, 2.45) is 0 Å². The minimum atomic E-state index is -0.569. The molecule has 2 aliphatic heterocycles. The highest BCUT2D eigenvalue weighted by Crippen LogP contribution is 2.22.